The minimum absolute atomic E-state index is 0. The topological polar surface area (TPSA) is 388 Å². The van der Waals surface area contributed by atoms with E-state index in [1.807, 2.05) is 241 Å². The van der Waals surface area contributed by atoms with Crippen LogP contribution >= 0.6 is 24.8 Å². The Labute approximate surface area is 806 Å². The minimum atomic E-state index is -4.17. The molecule has 14 rings (SSSR count). The van der Waals surface area contributed by atoms with Crippen LogP contribution in [0, 0.1) is 22.7 Å². The van der Waals surface area contributed by atoms with Gasteiger partial charge in [0.05, 0.1) is 70.8 Å². The number of isocyanates is 1. The van der Waals surface area contributed by atoms with E-state index in [0.717, 1.165) is 22.3 Å². The summed E-state index contributed by atoms with van der Waals surface area (Å²) in [6.07, 6.45) is 5.64. The molecule has 0 radical (unpaired) electrons. The number of aliphatic imine (C=N–C) groups is 1. The number of benzene rings is 6. The van der Waals surface area contributed by atoms with Gasteiger partial charge in [0.1, 0.15) is 64.4 Å². The van der Waals surface area contributed by atoms with Crippen molar-refractivity contribution in [3.63, 3.8) is 0 Å². The normalized spacial score (nSPS) is 20.9. The van der Waals surface area contributed by atoms with E-state index in [0.29, 0.717) is 81.9 Å². The zero-order valence-electron chi connectivity index (χ0n) is 80.4. The number of aromatic nitrogens is 2. The average Bonchev–Trinajstić information content (AvgIpc) is 1.56. The Kier molecular flexibility index (Phi) is 34.8. The first-order valence-corrected chi connectivity index (χ1v) is 48.4. The van der Waals surface area contributed by atoms with E-state index in [2.05, 4.69) is 74.5 Å². The number of hydrogen-bond acceptors (Lipinski definition) is 21. The zero-order chi connectivity index (χ0) is 97.2. The number of sulfonamides is 2. The van der Waals surface area contributed by atoms with Gasteiger partial charge >= 0.3 is 6.03 Å². The summed E-state index contributed by atoms with van der Waals surface area (Å²) in [4.78, 5) is 127. The summed E-state index contributed by atoms with van der Waals surface area (Å²) in [5, 5.41) is 12.9. The van der Waals surface area contributed by atoms with E-state index >= 15 is 0 Å². The first kappa shape index (κ1) is 107. The molecule has 8 N–H and O–H groups in total. The van der Waals surface area contributed by atoms with Gasteiger partial charge in [-0.3, -0.25) is 38.2 Å². The fourth-order valence-corrected chi connectivity index (χ4v) is 20.0. The summed E-state index contributed by atoms with van der Waals surface area (Å²) in [5.74, 6) is -2.81. The second-order valence-electron chi connectivity index (χ2n) is 39.5. The van der Waals surface area contributed by atoms with Crippen molar-refractivity contribution in [1.82, 2.24) is 55.4 Å². The van der Waals surface area contributed by atoms with Gasteiger partial charge in [-0.1, -0.05) is 196 Å². The van der Waals surface area contributed by atoms with Crippen LogP contribution in [0.25, 0.3) is 44.3 Å². The molecule has 8 aromatic rings. The molecule has 135 heavy (non-hydrogen) atoms. The van der Waals surface area contributed by atoms with Gasteiger partial charge in [-0.25, -0.2) is 41.4 Å². The Morgan fingerprint density at radius 2 is 0.919 bits per heavy atom. The highest BCUT2D eigenvalue weighted by molar-refractivity contribution is 7.92. The van der Waals surface area contributed by atoms with Crippen molar-refractivity contribution in [1.29, 1.82) is 0 Å². The van der Waals surface area contributed by atoms with Crippen LogP contribution in [0.1, 0.15) is 166 Å². The van der Waals surface area contributed by atoms with Crippen LogP contribution in [0.5, 0.6) is 23.0 Å². The van der Waals surface area contributed by atoms with Crippen molar-refractivity contribution < 1.29 is 74.1 Å². The number of nitrogens with zero attached hydrogens (tertiary/aromatic N) is 6. The number of likely N-dealkylation sites (tertiary alicyclic amines) is 2. The van der Waals surface area contributed by atoms with Crippen LogP contribution in [-0.2, 0) is 66.4 Å². The molecule has 4 heterocycles. The molecule has 2 aromatic heterocycles. The summed E-state index contributed by atoms with van der Waals surface area (Å²) in [7, 11) is -5.13. The largest absolute Gasteiger partial charge is 0.497 e. The first-order chi connectivity index (χ1) is 62.7. The van der Waals surface area contributed by atoms with Gasteiger partial charge < -0.3 is 60.6 Å². The number of amides is 8. The van der Waals surface area contributed by atoms with Crippen LogP contribution in [0.15, 0.2) is 200 Å². The fraction of sp³-hybridized carbons (Fsp3) is 0.471. The lowest BCUT2D eigenvalue weighted by molar-refractivity contribution is -0.142. The quantitative estimate of drug-likeness (QED) is 0.0125. The zero-order valence-corrected chi connectivity index (χ0v) is 83.7. The molecule has 6 fully saturated rings. The Hall–Kier alpha value is -11.3. The number of carbonyl (C=O) groups excluding carboxylic acids is 8. The molecule has 728 valence electrons. The third-order valence-electron chi connectivity index (χ3n) is 25.2. The van der Waals surface area contributed by atoms with E-state index in [-0.39, 0.29) is 82.0 Å². The Morgan fingerprint density at radius 1 is 0.548 bits per heavy atom. The number of ether oxygens (including phenoxy) is 4. The number of rotatable bonds is 30. The molecule has 10 atom stereocenters. The van der Waals surface area contributed by atoms with Crippen LogP contribution in [0.4, 0.5) is 4.79 Å². The number of pyridine rings is 2. The predicted octanol–water partition coefficient (Wildman–Crippen LogP) is 14.3. The van der Waals surface area contributed by atoms with E-state index in [1.54, 1.807) is 26.4 Å². The summed E-state index contributed by atoms with van der Waals surface area (Å²) < 4.78 is 82.1. The second-order valence-corrected chi connectivity index (χ2v) is 43.7. The van der Waals surface area contributed by atoms with E-state index < -0.39 is 147 Å². The molecule has 0 unspecified atom stereocenters. The minimum Gasteiger partial charge on any atom is -0.497 e. The number of urea groups is 1. The SMILES string of the molecule is C=C[C@@H]1C[C@]1(NC(=O)[C@@H]1C[C@@H](Oc2cc(-c3ccccc3)nc3cc(OC)ccc23)CN1C(=O)[C@@H](N)C(C)(C)C)C(=O)NS(=O)(=O)C1(Cc2ccccc2)CC1.C=C[C@@H]1C[C@]1(NC(=O)[C@@H]1C[C@@H](Oc2cc(-c3ccccc3)nc3cc(OC)ccc23)CN1C(=O)[C@@H](NC(=O)NC(C)(C)C)C(C)(C)C)C(=O)NS(=O)(=O)C1(Cc2ccccc2)CC1.CC(C)(C)N=C=O.CCN(CC)CC.Cl.Cl. The number of carbonyl (C=O) groups is 7. The number of halogens is 2. The standard InChI is InChI=1S/C48H58N6O8S.C43H49N5O7S.C6H15N.C5H9NO.2ClH/c1-9-32-28-48(32,43(57)53-63(59,60)47(22-23-47)27-30-16-12-10-13-17-30)51-41(55)38-25-34(29-54(38)42(56)40(45(2,3)4)50-44(58)52-46(5,6)7)62-39-26-36(31-18-14-11-15-19-31)49-37-24-33(61-8)20-21-35(37)39;1-6-29-25-43(29,40(51)47-56(52,53)42(19-20-42)24-27-13-9-7-10-14-27)46-38(49)35-22-31(26-48(35)39(50)37(44)41(2,3)4)55-36-23-33(28-15-11-8-12-16-28)45-34-21-30(54-5)17-18-32(34)36;1-4-7(5-2)6-3;1-5(2,3)6-4-7;;/h9-21,24,26,32,34,38,40H,1,22-23,25,27-29H2,2-8H3,(H,51,55)(H,53,57)(H2,50,52,58);6-18,21,23,29,31,35,37H,1,19-20,22,24-26,44H2,2-5H3,(H,46,49)(H,47,51);4-6H2,1-3H3;1-3H3;2*1H/t32-,34-,38+,40-,48-;29-,31-,35+,37-,43-;;;;/m11..../s1. The number of nitrogens with two attached hydrogens (primary N) is 1. The number of methoxy groups -OCH3 is 2. The molecule has 2 saturated heterocycles. The van der Waals surface area contributed by atoms with Gasteiger partial charge in [-0.15, -0.1) is 38.0 Å². The maximum atomic E-state index is 14.9. The predicted molar refractivity (Wildman–Crippen MR) is 531 cm³/mol. The van der Waals surface area contributed by atoms with Crippen molar-refractivity contribution >= 4 is 114 Å². The molecular weight excluding hydrogens is 1800 g/mol. The third-order valence-corrected chi connectivity index (χ3v) is 29.5. The van der Waals surface area contributed by atoms with Crippen LogP contribution in [0.3, 0.4) is 0 Å². The Morgan fingerprint density at radius 3 is 1.21 bits per heavy atom. The molecule has 33 heteroatoms. The molecule has 4 saturated carbocycles. The van der Waals surface area contributed by atoms with Crippen molar-refractivity contribution in [2.45, 2.75) is 236 Å². The van der Waals surface area contributed by atoms with Crippen molar-refractivity contribution in [2.24, 2.45) is 33.4 Å². The highest BCUT2D eigenvalue weighted by Crippen LogP contribution is 2.51. The number of nitrogens with one attached hydrogen (secondary N) is 6. The van der Waals surface area contributed by atoms with Gasteiger partial charge in [0.25, 0.3) is 11.8 Å². The molecule has 6 aliphatic rings. The first-order valence-electron chi connectivity index (χ1n) is 45.5. The fourth-order valence-electron chi connectivity index (χ4n) is 16.7. The molecule has 2 aliphatic heterocycles. The number of hydrogen-bond donors (Lipinski definition) is 7. The van der Waals surface area contributed by atoms with E-state index in [4.69, 9.17) is 34.6 Å². The Bertz CT molecular complexity index is 5860. The monoisotopic (exact) mass is 1930 g/mol. The smallest absolute Gasteiger partial charge is 0.315 e. The lowest BCUT2D eigenvalue weighted by Gasteiger charge is -2.36. The maximum absolute atomic E-state index is 14.9. The van der Waals surface area contributed by atoms with Crippen LogP contribution in [-0.4, -0.2) is 204 Å². The molecule has 6 aromatic carbocycles. The summed E-state index contributed by atoms with van der Waals surface area (Å²) in [5.41, 5.74) is 6.99. The summed E-state index contributed by atoms with van der Waals surface area (Å²) >= 11 is 0. The summed E-state index contributed by atoms with van der Waals surface area (Å²) in [6, 6.07) is 47.5. The second kappa shape index (κ2) is 43.8. The van der Waals surface area contributed by atoms with Crippen molar-refractivity contribution in [3.05, 3.63) is 206 Å². The highest BCUT2D eigenvalue weighted by Gasteiger charge is 2.66. The molecule has 4 aliphatic carbocycles. The van der Waals surface area contributed by atoms with Crippen LogP contribution in [0.2, 0.25) is 0 Å². The maximum Gasteiger partial charge on any atom is 0.315 e. The van der Waals surface area contributed by atoms with Gasteiger partial charge in [-0.2, -0.15) is 0 Å². The molecule has 0 bridgehead atoms. The third kappa shape index (κ3) is 26.1. The molecule has 0 spiro atoms. The van der Waals surface area contributed by atoms with Gasteiger partial charge in [0.15, 0.2) is 0 Å². The molecule has 29 nitrogen and oxygen atoms in total. The molecular formula is C102H133Cl2N13O16S2. The average molecular weight is 1930 g/mol. The Balaban J connectivity index is 0.000000263. The van der Waals surface area contributed by atoms with Crippen LogP contribution < -0.4 is 55.4 Å². The van der Waals surface area contributed by atoms with Gasteiger partial charge in [-0.05, 0) is 159 Å². The van der Waals surface area contributed by atoms with Crippen molar-refractivity contribution in [3.8, 4) is 45.5 Å². The van der Waals surface area contributed by atoms with E-state index in [1.165, 1.54) is 47.7 Å². The van der Waals surface area contributed by atoms with Crippen molar-refractivity contribution in [2.75, 3.05) is 46.9 Å². The van der Waals surface area contributed by atoms with E-state index in [9.17, 15) is 55.2 Å². The highest BCUT2D eigenvalue weighted by atomic mass is 35.5. The lowest BCUT2D eigenvalue weighted by Crippen LogP contribution is -2.61. The number of fused-ring (bicyclic) bond motifs is 2. The lowest BCUT2D eigenvalue weighted by atomic mass is 9.85. The molecule has 8 amide bonds. The summed E-state index contributed by atoms with van der Waals surface area (Å²) in [6.45, 7) is 39.8. The van der Waals surface area contributed by atoms with Gasteiger partial charge in [0.2, 0.25) is 49.8 Å². The van der Waals surface area contributed by atoms with Gasteiger partial charge in [0, 0.05) is 76.4 Å².